The van der Waals surface area contributed by atoms with Crippen LogP contribution < -0.4 is 5.73 Å². The van der Waals surface area contributed by atoms with Crippen molar-refractivity contribution in [1.82, 2.24) is 14.3 Å². The molecule has 2 aromatic rings. The molecular formula is C11H12N4O2S2. The molecule has 2 aromatic heterocycles. The number of hydrogen-bond donors (Lipinski definition) is 1. The van der Waals surface area contributed by atoms with Gasteiger partial charge in [0.2, 0.25) is 5.95 Å². The van der Waals surface area contributed by atoms with Crippen molar-refractivity contribution in [1.29, 1.82) is 0 Å². The molecule has 1 aliphatic heterocycles. The van der Waals surface area contributed by atoms with Gasteiger partial charge in [0, 0.05) is 12.7 Å². The number of nitrogens with zero attached hydrogens (tertiary/aromatic N) is 3. The molecule has 0 aromatic carbocycles. The van der Waals surface area contributed by atoms with Gasteiger partial charge in [-0.25, -0.2) is 18.4 Å². The molecule has 8 heteroatoms. The van der Waals surface area contributed by atoms with E-state index in [1.54, 1.807) is 23.7 Å². The molecule has 100 valence electrons. The minimum atomic E-state index is -3.42. The van der Waals surface area contributed by atoms with Crippen LogP contribution in [0.4, 0.5) is 5.95 Å². The molecule has 0 atom stereocenters. The van der Waals surface area contributed by atoms with E-state index < -0.39 is 10.0 Å². The molecule has 0 saturated heterocycles. The smallest absolute Gasteiger partial charge is 0.252 e. The lowest BCUT2D eigenvalue weighted by Crippen LogP contribution is -2.36. The van der Waals surface area contributed by atoms with Crippen molar-refractivity contribution >= 4 is 27.3 Å². The molecule has 0 bridgehead atoms. The summed E-state index contributed by atoms with van der Waals surface area (Å²) in [5, 5.41) is 1.75. The first kappa shape index (κ1) is 12.5. The zero-order valence-corrected chi connectivity index (χ0v) is 11.6. The fraction of sp³-hybridized carbons (Fsp3) is 0.273. The number of fused-ring (bicyclic) bond motifs is 1. The number of nitrogens with two attached hydrogens (primary N) is 1. The van der Waals surface area contributed by atoms with Crippen molar-refractivity contribution in [2.75, 3.05) is 12.3 Å². The second-order valence-electron chi connectivity index (χ2n) is 4.22. The fourth-order valence-corrected chi connectivity index (χ4v) is 4.58. The molecule has 0 radical (unpaired) electrons. The van der Waals surface area contributed by atoms with Crippen LogP contribution in [0.15, 0.2) is 27.9 Å². The second-order valence-corrected chi connectivity index (χ2v) is 7.33. The van der Waals surface area contributed by atoms with Crippen LogP contribution in [0.1, 0.15) is 11.3 Å². The third kappa shape index (κ3) is 2.22. The lowest BCUT2D eigenvalue weighted by molar-refractivity contribution is 0.386. The van der Waals surface area contributed by atoms with Crippen LogP contribution in [0.25, 0.3) is 0 Å². The highest BCUT2D eigenvalue weighted by molar-refractivity contribution is 7.91. The molecule has 0 unspecified atom stereocenters. The normalized spacial score (nSPS) is 16.2. The molecule has 0 fully saturated rings. The predicted octanol–water partition coefficient (Wildman–Crippen LogP) is 0.867. The van der Waals surface area contributed by atoms with Crippen LogP contribution >= 0.6 is 11.3 Å². The molecule has 0 spiro atoms. The van der Waals surface area contributed by atoms with E-state index in [-0.39, 0.29) is 12.5 Å². The molecule has 19 heavy (non-hydrogen) atoms. The van der Waals surface area contributed by atoms with Crippen LogP contribution in [-0.2, 0) is 23.0 Å². The number of sulfonamides is 1. The molecule has 0 aliphatic carbocycles. The molecule has 3 rings (SSSR count). The minimum absolute atomic E-state index is 0.175. The van der Waals surface area contributed by atoms with Gasteiger partial charge < -0.3 is 5.73 Å². The quantitative estimate of drug-likeness (QED) is 0.888. The summed E-state index contributed by atoms with van der Waals surface area (Å²) in [5.74, 6) is 0.175. The predicted molar refractivity (Wildman–Crippen MR) is 72.1 cm³/mol. The van der Waals surface area contributed by atoms with E-state index in [0.29, 0.717) is 22.9 Å². The Bertz CT molecular complexity index is 697. The average Bonchev–Trinajstić information content (AvgIpc) is 2.92. The van der Waals surface area contributed by atoms with E-state index >= 15 is 0 Å². The SMILES string of the molecule is Nc1ncc2c(n1)CN(S(=O)(=O)c1cccs1)CC2. The van der Waals surface area contributed by atoms with Crippen LogP contribution in [0.3, 0.4) is 0 Å². The molecule has 2 N–H and O–H groups in total. The maximum atomic E-state index is 12.4. The topological polar surface area (TPSA) is 89.2 Å². The first-order chi connectivity index (χ1) is 9.07. The molecule has 3 heterocycles. The Morgan fingerprint density at radius 1 is 1.42 bits per heavy atom. The number of hydrogen-bond acceptors (Lipinski definition) is 6. The van der Waals surface area contributed by atoms with Crippen molar-refractivity contribution in [2.24, 2.45) is 0 Å². The summed E-state index contributed by atoms with van der Waals surface area (Å²) in [4.78, 5) is 8.05. The first-order valence-corrected chi connectivity index (χ1v) is 8.03. The Hall–Kier alpha value is -1.51. The summed E-state index contributed by atoms with van der Waals surface area (Å²) in [7, 11) is -3.42. The molecule has 0 amide bonds. The average molecular weight is 296 g/mol. The summed E-state index contributed by atoms with van der Waals surface area (Å²) in [5.41, 5.74) is 7.20. The van der Waals surface area contributed by atoms with Crippen molar-refractivity contribution in [3.8, 4) is 0 Å². The summed E-state index contributed by atoms with van der Waals surface area (Å²) in [6.07, 6.45) is 2.28. The van der Waals surface area contributed by atoms with Gasteiger partial charge >= 0.3 is 0 Å². The zero-order valence-electron chi connectivity index (χ0n) is 9.98. The van der Waals surface area contributed by atoms with E-state index in [9.17, 15) is 8.42 Å². The zero-order chi connectivity index (χ0) is 13.5. The Balaban J connectivity index is 1.94. The number of aromatic nitrogens is 2. The number of thiophene rings is 1. The van der Waals surface area contributed by atoms with Crippen molar-refractivity contribution in [3.05, 3.63) is 35.0 Å². The maximum Gasteiger partial charge on any atom is 0.252 e. The number of anilines is 1. The van der Waals surface area contributed by atoms with E-state index in [1.807, 2.05) is 0 Å². The van der Waals surface area contributed by atoms with Crippen molar-refractivity contribution in [3.63, 3.8) is 0 Å². The van der Waals surface area contributed by atoms with Gasteiger partial charge in [-0.05, 0) is 23.4 Å². The summed E-state index contributed by atoms with van der Waals surface area (Å²) in [6, 6.07) is 3.35. The third-order valence-corrected chi connectivity index (χ3v) is 6.24. The van der Waals surface area contributed by atoms with Gasteiger partial charge in [0.1, 0.15) is 4.21 Å². The Morgan fingerprint density at radius 3 is 3.00 bits per heavy atom. The molecular weight excluding hydrogens is 284 g/mol. The van der Waals surface area contributed by atoms with Gasteiger partial charge in [-0.1, -0.05) is 6.07 Å². The van der Waals surface area contributed by atoms with E-state index in [4.69, 9.17) is 5.73 Å². The summed E-state index contributed by atoms with van der Waals surface area (Å²) in [6.45, 7) is 0.697. The standard InChI is InChI=1S/C11H12N4O2S2/c12-11-13-6-8-3-4-15(7-9(8)14-11)19(16,17)10-2-1-5-18-10/h1-2,5-6H,3-4,7H2,(H2,12,13,14). The van der Waals surface area contributed by atoms with Crippen molar-refractivity contribution in [2.45, 2.75) is 17.2 Å². The van der Waals surface area contributed by atoms with Crippen LogP contribution in [0, 0.1) is 0 Å². The molecule has 0 saturated carbocycles. The first-order valence-electron chi connectivity index (χ1n) is 5.71. The molecule has 6 nitrogen and oxygen atoms in total. The van der Waals surface area contributed by atoms with Gasteiger partial charge in [0.05, 0.1) is 12.2 Å². The monoisotopic (exact) mass is 296 g/mol. The van der Waals surface area contributed by atoms with Crippen LogP contribution in [0.5, 0.6) is 0 Å². The summed E-state index contributed by atoms with van der Waals surface area (Å²) < 4.78 is 26.6. The van der Waals surface area contributed by atoms with Gasteiger partial charge in [0.25, 0.3) is 10.0 Å². The van der Waals surface area contributed by atoms with Gasteiger partial charge in [-0.2, -0.15) is 4.31 Å². The van der Waals surface area contributed by atoms with Gasteiger partial charge in [-0.3, -0.25) is 0 Å². The van der Waals surface area contributed by atoms with Crippen molar-refractivity contribution < 1.29 is 8.42 Å². The van der Waals surface area contributed by atoms with Crippen LogP contribution in [0.2, 0.25) is 0 Å². The largest absolute Gasteiger partial charge is 0.368 e. The lowest BCUT2D eigenvalue weighted by atomic mass is 10.1. The second kappa shape index (κ2) is 4.55. The highest BCUT2D eigenvalue weighted by Gasteiger charge is 2.29. The summed E-state index contributed by atoms with van der Waals surface area (Å²) >= 11 is 1.22. The van der Waals surface area contributed by atoms with Gasteiger partial charge in [0.15, 0.2) is 0 Å². The fourth-order valence-electron chi connectivity index (χ4n) is 2.04. The Morgan fingerprint density at radius 2 is 2.26 bits per heavy atom. The lowest BCUT2D eigenvalue weighted by Gasteiger charge is -2.26. The van der Waals surface area contributed by atoms with Gasteiger partial charge in [-0.15, -0.1) is 11.3 Å². The van der Waals surface area contributed by atoms with E-state index in [2.05, 4.69) is 9.97 Å². The van der Waals surface area contributed by atoms with E-state index in [1.165, 1.54) is 15.6 Å². The maximum absolute atomic E-state index is 12.4. The minimum Gasteiger partial charge on any atom is -0.368 e. The number of rotatable bonds is 2. The highest BCUT2D eigenvalue weighted by Crippen LogP contribution is 2.26. The highest BCUT2D eigenvalue weighted by atomic mass is 32.2. The third-order valence-electron chi connectivity index (χ3n) is 3.02. The van der Waals surface area contributed by atoms with Crippen LogP contribution in [-0.4, -0.2) is 29.2 Å². The van der Waals surface area contributed by atoms with E-state index in [0.717, 1.165) is 5.56 Å². The Labute approximate surface area is 115 Å². The number of nitrogen functional groups attached to an aromatic ring is 1. The molecule has 1 aliphatic rings. The Kier molecular flexibility index (Phi) is 3.00.